The fourth-order valence-corrected chi connectivity index (χ4v) is 2.81. The molecule has 0 amide bonds. The van der Waals surface area contributed by atoms with Crippen molar-refractivity contribution < 1.29 is 14.3 Å². The van der Waals surface area contributed by atoms with Gasteiger partial charge in [0.05, 0.1) is 19.8 Å². The molecule has 1 aromatic heterocycles. The van der Waals surface area contributed by atoms with Gasteiger partial charge in [0.1, 0.15) is 11.6 Å². The van der Waals surface area contributed by atoms with Crippen molar-refractivity contribution in [2.24, 2.45) is 0 Å². The average molecular weight is 392 g/mol. The van der Waals surface area contributed by atoms with Gasteiger partial charge in [0.2, 0.25) is 5.95 Å². The summed E-state index contributed by atoms with van der Waals surface area (Å²) in [6.45, 7) is 2.61. The topological polar surface area (TPSA) is 85.4 Å². The third-order valence-electron chi connectivity index (χ3n) is 4.27. The van der Waals surface area contributed by atoms with Crippen LogP contribution in [0.4, 0.5) is 17.5 Å². The molecule has 7 heteroatoms. The van der Waals surface area contributed by atoms with Crippen LogP contribution in [0.15, 0.2) is 54.6 Å². The molecule has 0 fully saturated rings. The number of hydrogen-bond donors (Lipinski definition) is 2. The second-order valence-corrected chi connectivity index (χ2v) is 6.44. The smallest absolute Gasteiger partial charge is 0.337 e. The highest BCUT2D eigenvalue weighted by molar-refractivity contribution is 5.90. The van der Waals surface area contributed by atoms with E-state index in [4.69, 9.17) is 9.47 Å². The van der Waals surface area contributed by atoms with Crippen LogP contribution in [0.2, 0.25) is 0 Å². The molecule has 0 unspecified atom stereocenters. The Morgan fingerprint density at radius 3 is 2.55 bits per heavy atom. The summed E-state index contributed by atoms with van der Waals surface area (Å²) in [6, 6.07) is 16.9. The van der Waals surface area contributed by atoms with Crippen molar-refractivity contribution in [1.82, 2.24) is 9.97 Å². The fourth-order valence-electron chi connectivity index (χ4n) is 2.81. The minimum absolute atomic E-state index is 0.381. The number of rotatable bonds is 8. The zero-order chi connectivity index (χ0) is 20.6. The van der Waals surface area contributed by atoms with Crippen LogP contribution < -0.4 is 15.4 Å². The molecule has 1 heterocycles. The number of nitrogens with one attached hydrogen (secondary N) is 2. The summed E-state index contributed by atoms with van der Waals surface area (Å²) in [6.07, 6.45) is 0.839. The molecule has 0 saturated heterocycles. The number of carbonyl (C=O) groups is 1. The Hall–Kier alpha value is -3.61. The van der Waals surface area contributed by atoms with Gasteiger partial charge in [0, 0.05) is 24.0 Å². The number of aryl methyl sites for hydroxylation is 1. The van der Waals surface area contributed by atoms with Crippen molar-refractivity contribution in [3.05, 3.63) is 71.4 Å². The second kappa shape index (κ2) is 9.54. The minimum atomic E-state index is -0.381. The van der Waals surface area contributed by atoms with Gasteiger partial charge in [-0.3, -0.25) is 0 Å². The van der Waals surface area contributed by atoms with E-state index in [0.717, 1.165) is 23.6 Å². The summed E-state index contributed by atoms with van der Waals surface area (Å²) in [4.78, 5) is 20.7. The van der Waals surface area contributed by atoms with Crippen molar-refractivity contribution >= 4 is 23.4 Å². The first-order valence-electron chi connectivity index (χ1n) is 9.25. The zero-order valence-electron chi connectivity index (χ0n) is 16.7. The first-order chi connectivity index (χ1) is 14.1. The molecule has 0 atom stereocenters. The maximum atomic E-state index is 11.7. The molecule has 2 N–H and O–H groups in total. The Kier molecular flexibility index (Phi) is 6.63. The largest absolute Gasteiger partial charge is 0.497 e. The summed E-state index contributed by atoms with van der Waals surface area (Å²) in [5, 5.41) is 6.47. The number of hydrogen-bond acceptors (Lipinski definition) is 7. The van der Waals surface area contributed by atoms with Gasteiger partial charge >= 0.3 is 5.97 Å². The Morgan fingerprint density at radius 2 is 1.83 bits per heavy atom. The summed E-state index contributed by atoms with van der Waals surface area (Å²) in [5.41, 5.74) is 3.25. The third kappa shape index (κ3) is 5.68. The van der Waals surface area contributed by atoms with Gasteiger partial charge in [-0.25, -0.2) is 9.78 Å². The molecule has 0 bridgehead atoms. The first-order valence-corrected chi connectivity index (χ1v) is 9.25. The van der Waals surface area contributed by atoms with Crippen LogP contribution in [0, 0.1) is 6.92 Å². The van der Waals surface area contributed by atoms with E-state index in [9.17, 15) is 4.79 Å². The summed E-state index contributed by atoms with van der Waals surface area (Å²) in [7, 11) is 3.02. The molecule has 0 aliphatic heterocycles. The van der Waals surface area contributed by atoms with E-state index in [1.807, 2.05) is 43.3 Å². The van der Waals surface area contributed by atoms with Gasteiger partial charge in [-0.15, -0.1) is 0 Å². The highest BCUT2D eigenvalue weighted by atomic mass is 16.5. The molecular weight excluding hydrogens is 368 g/mol. The number of nitrogens with zero attached hydrogens (tertiary/aromatic N) is 2. The Labute approximate surface area is 170 Å². The molecule has 7 nitrogen and oxygen atoms in total. The number of anilines is 3. The number of aromatic nitrogens is 2. The van der Waals surface area contributed by atoms with E-state index in [-0.39, 0.29) is 5.97 Å². The van der Waals surface area contributed by atoms with Gasteiger partial charge < -0.3 is 20.1 Å². The predicted octanol–water partition coefficient (Wildman–Crippen LogP) is 3.98. The molecule has 29 heavy (non-hydrogen) atoms. The Bertz CT molecular complexity index is 974. The molecule has 150 valence electrons. The van der Waals surface area contributed by atoms with Crippen molar-refractivity contribution in [1.29, 1.82) is 0 Å². The second-order valence-electron chi connectivity index (χ2n) is 6.44. The number of carbonyl (C=O) groups excluding carboxylic acids is 1. The van der Waals surface area contributed by atoms with E-state index in [1.54, 1.807) is 25.3 Å². The van der Waals surface area contributed by atoms with Gasteiger partial charge in [-0.2, -0.15) is 4.98 Å². The average Bonchev–Trinajstić information content (AvgIpc) is 2.73. The van der Waals surface area contributed by atoms with Crippen molar-refractivity contribution in [3.63, 3.8) is 0 Å². The number of ether oxygens (including phenoxy) is 2. The first kappa shape index (κ1) is 20.1. The monoisotopic (exact) mass is 392 g/mol. The van der Waals surface area contributed by atoms with E-state index in [1.165, 1.54) is 12.7 Å². The summed E-state index contributed by atoms with van der Waals surface area (Å²) >= 11 is 0. The van der Waals surface area contributed by atoms with E-state index in [0.29, 0.717) is 23.9 Å². The van der Waals surface area contributed by atoms with Crippen LogP contribution in [0.5, 0.6) is 5.75 Å². The van der Waals surface area contributed by atoms with Crippen LogP contribution in [0.1, 0.15) is 21.6 Å². The Balaban J connectivity index is 1.64. The van der Waals surface area contributed by atoms with Gasteiger partial charge in [0.15, 0.2) is 0 Å². The lowest BCUT2D eigenvalue weighted by Gasteiger charge is -2.11. The maximum absolute atomic E-state index is 11.7. The highest BCUT2D eigenvalue weighted by Crippen LogP contribution is 2.19. The SMILES string of the molecule is COC(=O)c1cccc(Nc2cc(C)nc(NCCc3ccc(OC)cc3)n2)c1. The lowest BCUT2D eigenvalue weighted by molar-refractivity contribution is 0.0601. The van der Waals surface area contributed by atoms with E-state index in [2.05, 4.69) is 20.6 Å². The molecule has 3 aromatic rings. The molecule has 0 aliphatic carbocycles. The number of benzene rings is 2. The molecule has 3 rings (SSSR count). The fraction of sp³-hybridized carbons (Fsp3) is 0.227. The molecule has 2 aromatic carbocycles. The standard InChI is InChI=1S/C22H24N4O3/c1-15-13-20(25-18-6-4-5-17(14-18)21(27)29-3)26-22(24-15)23-12-11-16-7-9-19(28-2)10-8-16/h4-10,13-14H,11-12H2,1-3H3,(H2,23,24,25,26). The summed E-state index contributed by atoms with van der Waals surface area (Å²) in [5.74, 6) is 1.65. The molecule has 0 radical (unpaired) electrons. The number of esters is 1. The van der Waals surface area contributed by atoms with Crippen LogP contribution in [0.25, 0.3) is 0 Å². The van der Waals surface area contributed by atoms with Crippen LogP contribution in [0.3, 0.4) is 0 Å². The van der Waals surface area contributed by atoms with Gasteiger partial charge in [0.25, 0.3) is 0 Å². The summed E-state index contributed by atoms with van der Waals surface area (Å²) < 4.78 is 9.94. The Morgan fingerprint density at radius 1 is 1.03 bits per heavy atom. The highest BCUT2D eigenvalue weighted by Gasteiger charge is 2.07. The molecular formula is C22H24N4O3. The molecule has 0 spiro atoms. The van der Waals surface area contributed by atoms with Crippen LogP contribution in [-0.2, 0) is 11.2 Å². The number of methoxy groups -OCH3 is 2. The molecule has 0 saturated carbocycles. The van der Waals surface area contributed by atoms with Crippen LogP contribution in [-0.4, -0.2) is 36.7 Å². The van der Waals surface area contributed by atoms with Crippen molar-refractivity contribution in [2.75, 3.05) is 31.4 Å². The van der Waals surface area contributed by atoms with Gasteiger partial charge in [-0.1, -0.05) is 18.2 Å². The minimum Gasteiger partial charge on any atom is -0.497 e. The maximum Gasteiger partial charge on any atom is 0.337 e. The quantitative estimate of drug-likeness (QED) is 0.561. The predicted molar refractivity (Wildman–Crippen MR) is 113 cm³/mol. The van der Waals surface area contributed by atoms with Crippen molar-refractivity contribution in [2.45, 2.75) is 13.3 Å². The normalized spacial score (nSPS) is 10.3. The van der Waals surface area contributed by atoms with E-state index < -0.39 is 0 Å². The van der Waals surface area contributed by atoms with Gasteiger partial charge in [-0.05, 0) is 49.2 Å². The molecule has 0 aliphatic rings. The van der Waals surface area contributed by atoms with Crippen molar-refractivity contribution in [3.8, 4) is 5.75 Å². The van der Waals surface area contributed by atoms with E-state index >= 15 is 0 Å². The lowest BCUT2D eigenvalue weighted by atomic mass is 10.1. The lowest BCUT2D eigenvalue weighted by Crippen LogP contribution is -2.10. The third-order valence-corrected chi connectivity index (χ3v) is 4.27. The van der Waals surface area contributed by atoms with Crippen LogP contribution >= 0.6 is 0 Å². The zero-order valence-corrected chi connectivity index (χ0v) is 16.7.